The minimum atomic E-state index is 0.331. The van der Waals surface area contributed by atoms with Gasteiger partial charge in [0.15, 0.2) is 0 Å². The number of hydrogen-bond acceptors (Lipinski definition) is 2. The third-order valence-electron chi connectivity index (χ3n) is 10.7. The SMILES string of the molecule is C=CC(C/C=C\C)c1ccc(N(CCCc2ccccc2)c2ccc(C3=CCC4C(=C3)C3=C(C=CCC3)N4[C@@H]3C=CC=CCC3)cc2)cc1. The molecule has 248 valence electrons. The van der Waals surface area contributed by atoms with Gasteiger partial charge in [-0.05, 0) is 128 Å². The molecule has 1 aliphatic heterocycles. The minimum absolute atomic E-state index is 0.331. The quantitative estimate of drug-likeness (QED) is 0.181. The lowest BCUT2D eigenvalue weighted by atomic mass is 9.86. The van der Waals surface area contributed by atoms with Gasteiger partial charge in [-0.15, -0.1) is 6.58 Å². The molecule has 3 aromatic rings. The zero-order valence-electron chi connectivity index (χ0n) is 29.1. The Kier molecular flexibility index (Phi) is 10.4. The number of nitrogens with zero attached hydrogens (tertiary/aromatic N) is 2. The minimum Gasteiger partial charge on any atom is -0.357 e. The summed E-state index contributed by atoms with van der Waals surface area (Å²) >= 11 is 0. The van der Waals surface area contributed by atoms with Crippen LogP contribution in [0.4, 0.5) is 11.4 Å². The molecule has 0 spiro atoms. The summed E-state index contributed by atoms with van der Waals surface area (Å²) in [5.74, 6) is 0.331. The number of hydrogen-bond donors (Lipinski definition) is 0. The molecule has 2 unspecified atom stereocenters. The summed E-state index contributed by atoms with van der Waals surface area (Å²) in [4.78, 5) is 5.22. The maximum absolute atomic E-state index is 4.11. The number of fused-ring (bicyclic) bond motifs is 2. The Hall–Kier alpha value is -4.82. The lowest BCUT2D eigenvalue weighted by molar-refractivity contribution is 0.253. The van der Waals surface area contributed by atoms with Crippen molar-refractivity contribution in [2.75, 3.05) is 11.4 Å². The Morgan fingerprint density at radius 1 is 0.918 bits per heavy atom. The van der Waals surface area contributed by atoms with Gasteiger partial charge in [0.1, 0.15) is 0 Å². The first kappa shape index (κ1) is 32.7. The van der Waals surface area contributed by atoms with E-state index in [0.717, 1.165) is 51.5 Å². The standard InChI is InChI=1S/C47H50N2/c1-3-5-19-37(4-2)38-24-29-41(30-25-38)48(34-15-18-36-16-9-8-10-17-36)42-31-26-39(27-32-42)40-28-33-47-45(35-40)44-22-13-14-23-46(44)49(47)43-20-11-6-7-12-21-43/h3-11,14,16-17,20,23-32,35,37,43,47H,2,12-13,15,18-19,21-22,33-34H2,1H3/b5-3-/t37?,43-,47?/m1/s1. The molecule has 0 fully saturated rings. The van der Waals surface area contributed by atoms with E-state index in [1.54, 1.807) is 11.1 Å². The van der Waals surface area contributed by atoms with E-state index in [0.29, 0.717) is 18.0 Å². The molecule has 0 bridgehead atoms. The predicted octanol–water partition coefficient (Wildman–Crippen LogP) is 12.0. The van der Waals surface area contributed by atoms with Crippen molar-refractivity contribution in [3.05, 3.63) is 186 Å². The molecule has 0 aromatic heterocycles. The lowest BCUT2D eigenvalue weighted by Gasteiger charge is -2.36. The zero-order chi connectivity index (χ0) is 33.4. The van der Waals surface area contributed by atoms with Crippen LogP contribution in [0.5, 0.6) is 0 Å². The van der Waals surface area contributed by atoms with Crippen LogP contribution in [0.1, 0.15) is 74.5 Å². The van der Waals surface area contributed by atoms with Gasteiger partial charge >= 0.3 is 0 Å². The van der Waals surface area contributed by atoms with Gasteiger partial charge in [0.05, 0.1) is 6.04 Å². The lowest BCUT2D eigenvalue weighted by Crippen LogP contribution is -2.38. The summed E-state index contributed by atoms with van der Waals surface area (Å²) in [5, 5.41) is 0. The van der Waals surface area contributed by atoms with Crippen LogP contribution in [0.2, 0.25) is 0 Å². The summed E-state index contributed by atoms with van der Waals surface area (Å²) in [5.41, 5.74) is 12.4. The Balaban J connectivity index is 1.13. The molecule has 2 nitrogen and oxygen atoms in total. The molecule has 49 heavy (non-hydrogen) atoms. The number of anilines is 2. The van der Waals surface area contributed by atoms with Gasteiger partial charge in [-0.2, -0.15) is 0 Å². The van der Waals surface area contributed by atoms with Crippen LogP contribution in [0.3, 0.4) is 0 Å². The van der Waals surface area contributed by atoms with Crippen molar-refractivity contribution in [3.8, 4) is 0 Å². The number of rotatable bonds is 12. The molecule has 0 saturated heterocycles. The highest BCUT2D eigenvalue weighted by Crippen LogP contribution is 2.46. The number of benzene rings is 3. The van der Waals surface area contributed by atoms with Crippen LogP contribution in [0, 0.1) is 0 Å². The molecule has 4 aliphatic rings. The van der Waals surface area contributed by atoms with E-state index in [-0.39, 0.29) is 0 Å². The average Bonchev–Trinajstić information content (AvgIpc) is 3.27. The summed E-state index contributed by atoms with van der Waals surface area (Å²) in [6.45, 7) is 7.15. The Morgan fingerprint density at radius 2 is 1.71 bits per heavy atom. The van der Waals surface area contributed by atoms with Gasteiger partial charge in [0, 0.05) is 35.6 Å². The van der Waals surface area contributed by atoms with Crippen molar-refractivity contribution in [2.45, 2.75) is 76.3 Å². The first-order chi connectivity index (χ1) is 24.2. The van der Waals surface area contributed by atoms with Crippen LogP contribution >= 0.6 is 0 Å². The fourth-order valence-electron chi connectivity index (χ4n) is 8.05. The number of aryl methyl sites for hydroxylation is 1. The van der Waals surface area contributed by atoms with E-state index < -0.39 is 0 Å². The number of allylic oxidation sites excluding steroid dienone is 10. The molecule has 3 atom stereocenters. The third-order valence-corrected chi connectivity index (χ3v) is 10.7. The predicted molar refractivity (Wildman–Crippen MR) is 210 cm³/mol. The monoisotopic (exact) mass is 642 g/mol. The molecular formula is C47H50N2. The van der Waals surface area contributed by atoms with Crippen molar-refractivity contribution in [1.82, 2.24) is 4.90 Å². The van der Waals surface area contributed by atoms with E-state index in [1.807, 2.05) is 0 Å². The fraction of sp³-hybridized carbons (Fsp3) is 0.277. The zero-order valence-corrected chi connectivity index (χ0v) is 29.1. The topological polar surface area (TPSA) is 6.48 Å². The highest BCUT2D eigenvalue weighted by molar-refractivity contribution is 5.80. The molecule has 2 heteroatoms. The summed E-state index contributed by atoms with van der Waals surface area (Å²) < 4.78 is 0. The van der Waals surface area contributed by atoms with Crippen LogP contribution in [0.15, 0.2) is 169 Å². The van der Waals surface area contributed by atoms with Crippen LogP contribution in [-0.4, -0.2) is 23.5 Å². The van der Waals surface area contributed by atoms with Crippen molar-refractivity contribution in [3.63, 3.8) is 0 Å². The first-order valence-corrected chi connectivity index (χ1v) is 18.4. The van der Waals surface area contributed by atoms with E-state index in [4.69, 9.17) is 0 Å². The van der Waals surface area contributed by atoms with Gasteiger partial charge in [0.2, 0.25) is 0 Å². The van der Waals surface area contributed by atoms with Gasteiger partial charge in [-0.3, -0.25) is 0 Å². The molecule has 0 N–H and O–H groups in total. The molecule has 0 radical (unpaired) electrons. The largest absolute Gasteiger partial charge is 0.357 e. The fourth-order valence-corrected chi connectivity index (χ4v) is 8.05. The van der Waals surface area contributed by atoms with Crippen LogP contribution in [0.25, 0.3) is 5.57 Å². The van der Waals surface area contributed by atoms with E-state index >= 15 is 0 Å². The van der Waals surface area contributed by atoms with E-state index in [9.17, 15) is 0 Å². The van der Waals surface area contributed by atoms with Gasteiger partial charge < -0.3 is 9.80 Å². The summed E-state index contributed by atoms with van der Waals surface area (Å²) in [6, 6.07) is 30.2. The highest BCUT2D eigenvalue weighted by atomic mass is 15.2. The maximum Gasteiger partial charge on any atom is 0.0587 e. The summed E-state index contributed by atoms with van der Waals surface area (Å²) in [6.07, 6.45) is 34.2. The second-order valence-corrected chi connectivity index (χ2v) is 13.7. The van der Waals surface area contributed by atoms with Crippen molar-refractivity contribution >= 4 is 16.9 Å². The van der Waals surface area contributed by atoms with Crippen molar-refractivity contribution in [1.29, 1.82) is 0 Å². The second kappa shape index (κ2) is 15.6. The summed E-state index contributed by atoms with van der Waals surface area (Å²) in [7, 11) is 0. The van der Waals surface area contributed by atoms with E-state index in [1.165, 1.54) is 45.8 Å². The average molecular weight is 643 g/mol. The highest BCUT2D eigenvalue weighted by Gasteiger charge is 2.39. The molecular weight excluding hydrogens is 593 g/mol. The maximum atomic E-state index is 4.11. The Labute approximate surface area is 294 Å². The molecule has 3 aliphatic carbocycles. The Bertz CT molecular complexity index is 1810. The molecule has 3 aromatic carbocycles. The Morgan fingerprint density at radius 3 is 2.49 bits per heavy atom. The molecule has 7 rings (SSSR count). The van der Waals surface area contributed by atoms with Gasteiger partial charge in [-0.1, -0.05) is 109 Å². The first-order valence-electron chi connectivity index (χ1n) is 18.4. The van der Waals surface area contributed by atoms with Crippen molar-refractivity contribution < 1.29 is 0 Å². The smallest absolute Gasteiger partial charge is 0.0587 e. The second-order valence-electron chi connectivity index (χ2n) is 13.7. The van der Waals surface area contributed by atoms with E-state index in [2.05, 4.69) is 169 Å². The van der Waals surface area contributed by atoms with Crippen molar-refractivity contribution in [2.24, 2.45) is 0 Å². The molecule has 1 heterocycles. The molecule has 0 saturated carbocycles. The van der Waals surface area contributed by atoms with Gasteiger partial charge in [0.25, 0.3) is 0 Å². The van der Waals surface area contributed by atoms with Crippen LogP contribution in [-0.2, 0) is 6.42 Å². The third kappa shape index (κ3) is 7.30. The van der Waals surface area contributed by atoms with Crippen LogP contribution < -0.4 is 4.90 Å². The normalized spacial score (nSPS) is 20.5. The molecule has 0 amide bonds. The van der Waals surface area contributed by atoms with Gasteiger partial charge in [-0.25, -0.2) is 0 Å².